The number of carbonyl (C=O) groups excluding carboxylic acids is 1. The maximum atomic E-state index is 12.6. The standard InChI is InChI=1S/C18H24N4O4/c1-4-21(18(24)22-7-5-6-8-22)11-16-19-13-10-15(26-3)14(25-2)9-12(13)17(23)20-16/h9-10H,4-8,11H2,1-3H3,(H,19,20,23). The Hall–Kier alpha value is -2.77. The van der Waals surface area contributed by atoms with Crippen molar-refractivity contribution in [2.45, 2.75) is 26.3 Å². The molecule has 2 heterocycles. The highest BCUT2D eigenvalue weighted by molar-refractivity contribution is 5.82. The van der Waals surface area contributed by atoms with Crippen LogP contribution in [-0.2, 0) is 6.54 Å². The number of amides is 2. The van der Waals surface area contributed by atoms with Crippen LogP contribution >= 0.6 is 0 Å². The molecule has 0 aliphatic carbocycles. The third-order valence-corrected chi connectivity index (χ3v) is 4.63. The lowest BCUT2D eigenvalue weighted by Crippen LogP contribution is -2.41. The number of H-pyrrole nitrogens is 1. The summed E-state index contributed by atoms with van der Waals surface area (Å²) in [6.07, 6.45) is 2.08. The highest BCUT2D eigenvalue weighted by Crippen LogP contribution is 2.30. The van der Waals surface area contributed by atoms with Crippen LogP contribution in [0.25, 0.3) is 10.9 Å². The number of hydrogen-bond acceptors (Lipinski definition) is 5. The van der Waals surface area contributed by atoms with Gasteiger partial charge in [-0.05, 0) is 25.8 Å². The van der Waals surface area contributed by atoms with E-state index in [-0.39, 0.29) is 18.1 Å². The zero-order valence-corrected chi connectivity index (χ0v) is 15.4. The number of rotatable bonds is 5. The van der Waals surface area contributed by atoms with Gasteiger partial charge in [-0.3, -0.25) is 4.79 Å². The maximum Gasteiger partial charge on any atom is 0.320 e. The summed E-state index contributed by atoms with van der Waals surface area (Å²) in [6, 6.07) is 3.27. The van der Waals surface area contributed by atoms with E-state index in [1.165, 1.54) is 14.2 Å². The van der Waals surface area contributed by atoms with E-state index in [2.05, 4.69) is 9.97 Å². The van der Waals surface area contributed by atoms with Crippen LogP contribution in [0.2, 0.25) is 0 Å². The van der Waals surface area contributed by atoms with Gasteiger partial charge in [0.05, 0.1) is 31.7 Å². The number of nitrogens with one attached hydrogen (secondary N) is 1. The van der Waals surface area contributed by atoms with Crippen molar-refractivity contribution < 1.29 is 14.3 Å². The maximum absolute atomic E-state index is 12.6. The molecule has 1 aromatic heterocycles. The summed E-state index contributed by atoms with van der Waals surface area (Å²) in [5, 5.41) is 0.417. The van der Waals surface area contributed by atoms with Crippen molar-refractivity contribution in [3.05, 3.63) is 28.3 Å². The molecule has 0 saturated carbocycles. The van der Waals surface area contributed by atoms with Gasteiger partial charge in [0.15, 0.2) is 11.5 Å². The molecule has 3 rings (SSSR count). The average Bonchev–Trinajstić information content (AvgIpc) is 3.19. The van der Waals surface area contributed by atoms with Crippen LogP contribution in [0.3, 0.4) is 0 Å². The number of aromatic nitrogens is 2. The molecule has 1 aliphatic rings. The Labute approximate surface area is 151 Å². The Morgan fingerprint density at radius 3 is 2.50 bits per heavy atom. The molecule has 0 radical (unpaired) electrons. The molecule has 0 bridgehead atoms. The van der Waals surface area contributed by atoms with Gasteiger partial charge in [0.2, 0.25) is 0 Å². The van der Waals surface area contributed by atoms with Gasteiger partial charge in [0, 0.05) is 25.7 Å². The Bertz CT molecular complexity index is 858. The van der Waals surface area contributed by atoms with Crippen LogP contribution in [-0.4, -0.2) is 59.7 Å². The average molecular weight is 360 g/mol. The van der Waals surface area contributed by atoms with Gasteiger partial charge in [-0.1, -0.05) is 0 Å². The predicted octanol–water partition coefficient (Wildman–Crippen LogP) is 1.98. The second-order valence-corrected chi connectivity index (χ2v) is 6.23. The van der Waals surface area contributed by atoms with Crippen molar-refractivity contribution in [1.29, 1.82) is 0 Å². The van der Waals surface area contributed by atoms with Crippen molar-refractivity contribution in [2.75, 3.05) is 33.9 Å². The van der Waals surface area contributed by atoms with E-state index in [1.54, 1.807) is 17.0 Å². The molecule has 26 heavy (non-hydrogen) atoms. The largest absolute Gasteiger partial charge is 0.493 e. The van der Waals surface area contributed by atoms with Gasteiger partial charge in [-0.25, -0.2) is 9.78 Å². The predicted molar refractivity (Wildman–Crippen MR) is 97.8 cm³/mol. The van der Waals surface area contributed by atoms with Gasteiger partial charge in [-0.15, -0.1) is 0 Å². The van der Waals surface area contributed by atoms with Gasteiger partial charge in [0.1, 0.15) is 5.82 Å². The minimum Gasteiger partial charge on any atom is -0.493 e. The molecule has 1 fully saturated rings. The van der Waals surface area contributed by atoms with Gasteiger partial charge >= 0.3 is 6.03 Å². The van der Waals surface area contributed by atoms with E-state index >= 15 is 0 Å². The minimum atomic E-state index is -0.268. The number of methoxy groups -OCH3 is 2. The second kappa shape index (κ2) is 7.63. The van der Waals surface area contributed by atoms with Crippen LogP contribution in [0.1, 0.15) is 25.6 Å². The third-order valence-electron chi connectivity index (χ3n) is 4.63. The van der Waals surface area contributed by atoms with Crippen LogP contribution in [0.5, 0.6) is 11.5 Å². The molecule has 1 aromatic carbocycles. The van der Waals surface area contributed by atoms with Crippen molar-refractivity contribution in [1.82, 2.24) is 19.8 Å². The lowest BCUT2D eigenvalue weighted by atomic mass is 10.2. The van der Waals surface area contributed by atoms with Gasteiger partial charge in [0.25, 0.3) is 5.56 Å². The summed E-state index contributed by atoms with van der Waals surface area (Å²) >= 11 is 0. The Morgan fingerprint density at radius 2 is 1.88 bits per heavy atom. The topological polar surface area (TPSA) is 87.8 Å². The van der Waals surface area contributed by atoms with Crippen molar-refractivity contribution in [3.63, 3.8) is 0 Å². The van der Waals surface area contributed by atoms with E-state index in [0.29, 0.717) is 34.8 Å². The lowest BCUT2D eigenvalue weighted by molar-refractivity contribution is 0.161. The van der Waals surface area contributed by atoms with E-state index in [9.17, 15) is 9.59 Å². The van der Waals surface area contributed by atoms with Gasteiger partial charge in [-0.2, -0.15) is 0 Å². The molecular weight excluding hydrogens is 336 g/mol. The van der Waals surface area contributed by atoms with Crippen LogP contribution in [0.4, 0.5) is 4.79 Å². The zero-order chi connectivity index (χ0) is 18.7. The molecule has 2 aromatic rings. The zero-order valence-electron chi connectivity index (χ0n) is 15.4. The molecule has 1 saturated heterocycles. The highest BCUT2D eigenvalue weighted by atomic mass is 16.5. The number of nitrogens with zero attached hydrogens (tertiary/aromatic N) is 3. The molecule has 8 heteroatoms. The second-order valence-electron chi connectivity index (χ2n) is 6.23. The molecule has 2 amide bonds. The number of ether oxygens (including phenoxy) is 2. The van der Waals surface area contributed by atoms with E-state index in [4.69, 9.17) is 9.47 Å². The summed E-state index contributed by atoms with van der Waals surface area (Å²) in [5.74, 6) is 1.42. The highest BCUT2D eigenvalue weighted by Gasteiger charge is 2.23. The van der Waals surface area contributed by atoms with E-state index < -0.39 is 0 Å². The summed E-state index contributed by atoms with van der Waals surface area (Å²) in [4.78, 5) is 35.9. The molecule has 8 nitrogen and oxygen atoms in total. The summed E-state index contributed by atoms with van der Waals surface area (Å²) in [5.41, 5.74) is 0.238. The number of fused-ring (bicyclic) bond motifs is 1. The number of benzene rings is 1. The van der Waals surface area contributed by atoms with Crippen LogP contribution in [0, 0.1) is 0 Å². The Morgan fingerprint density at radius 1 is 1.23 bits per heavy atom. The molecule has 1 aliphatic heterocycles. The van der Waals surface area contributed by atoms with Gasteiger partial charge < -0.3 is 24.3 Å². The lowest BCUT2D eigenvalue weighted by Gasteiger charge is -2.26. The fourth-order valence-electron chi connectivity index (χ4n) is 3.19. The van der Waals surface area contributed by atoms with Crippen LogP contribution < -0.4 is 15.0 Å². The fourth-order valence-corrected chi connectivity index (χ4v) is 3.19. The van der Waals surface area contributed by atoms with Crippen molar-refractivity contribution >= 4 is 16.9 Å². The minimum absolute atomic E-state index is 0.0138. The number of carbonyl (C=O) groups is 1. The first-order chi connectivity index (χ1) is 12.6. The SMILES string of the molecule is CCN(Cc1nc2cc(OC)c(OC)cc2c(=O)[nH]1)C(=O)N1CCCC1. The van der Waals surface area contributed by atoms with Crippen molar-refractivity contribution in [2.24, 2.45) is 0 Å². The number of urea groups is 1. The first kappa shape index (κ1) is 18.0. The first-order valence-electron chi connectivity index (χ1n) is 8.76. The molecule has 1 N–H and O–H groups in total. The molecule has 0 unspecified atom stereocenters. The fraction of sp³-hybridized carbons (Fsp3) is 0.500. The monoisotopic (exact) mass is 360 g/mol. The van der Waals surface area contributed by atoms with Crippen LogP contribution in [0.15, 0.2) is 16.9 Å². The van der Waals surface area contributed by atoms with E-state index in [0.717, 1.165) is 25.9 Å². The molecular formula is C18H24N4O4. The summed E-state index contributed by atoms with van der Waals surface area (Å²) in [7, 11) is 3.05. The number of aromatic amines is 1. The molecule has 140 valence electrons. The third kappa shape index (κ3) is 3.44. The summed E-state index contributed by atoms with van der Waals surface area (Å²) in [6.45, 7) is 4.29. The first-order valence-corrected chi connectivity index (χ1v) is 8.76. The Kier molecular flexibility index (Phi) is 5.29. The number of likely N-dealkylation sites (tertiary alicyclic amines) is 1. The Balaban J connectivity index is 1.92. The smallest absolute Gasteiger partial charge is 0.320 e. The summed E-state index contributed by atoms with van der Waals surface area (Å²) < 4.78 is 10.5. The van der Waals surface area contributed by atoms with E-state index in [1.807, 2.05) is 11.8 Å². The number of hydrogen-bond donors (Lipinski definition) is 1. The van der Waals surface area contributed by atoms with Crippen molar-refractivity contribution in [3.8, 4) is 11.5 Å². The normalized spacial score (nSPS) is 13.9. The molecule has 0 atom stereocenters. The quantitative estimate of drug-likeness (QED) is 0.881. The molecule has 0 spiro atoms.